The first kappa shape index (κ1) is 17.7. The third-order valence-corrected chi connectivity index (χ3v) is 3.69. The molecule has 0 unspecified atom stereocenters. The molecule has 0 heterocycles. The van der Waals surface area contributed by atoms with Crippen molar-refractivity contribution < 1.29 is 14.3 Å². The van der Waals surface area contributed by atoms with Crippen LogP contribution >= 0.6 is 0 Å². The van der Waals surface area contributed by atoms with Gasteiger partial charge in [-0.3, -0.25) is 4.79 Å². The molecule has 5 heteroatoms. The van der Waals surface area contributed by atoms with Crippen molar-refractivity contribution in [2.75, 3.05) is 32.6 Å². The van der Waals surface area contributed by atoms with Crippen LogP contribution in [-0.2, 0) is 11.2 Å². The number of carbonyl (C=O) groups excluding carboxylic acids is 1. The standard InChI is InChI=1S/C19H24N2O3/c1-14-4-7-16(8-5-14)21-13-19(22)20-11-10-15-6-9-17(23-2)18(12-15)24-3/h4-9,12,21H,10-11,13H2,1-3H3,(H,20,22). The first-order valence-electron chi connectivity index (χ1n) is 7.90. The van der Waals surface area contributed by atoms with Gasteiger partial charge in [0.1, 0.15) is 0 Å². The molecular weight excluding hydrogens is 304 g/mol. The van der Waals surface area contributed by atoms with Gasteiger partial charge in [-0.1, -0.05) is 23.8 Å². The molecule has 0 radical (unpaired) electrons. The van der Waals surface area contributed by atoms with E-state index in [0.717, 1.165) is 17.7 Å². The average Bonchev–Trinajstić information content (AvgIpc) is 2.61. The van der Waals surface area contributed by atoms with Crippen molar-refractivity contribution in [2.24, 2.45) is 0 Å². The molecule has 0 aliphatic heterocycles. The molecule has 0 aliphatic rings. The monoisotopic (exact) mass is 328 g/mol. The van der Waals surface area contributed by atoms with Crippen molar-refractivity contribution in [2.45, 2.75) is 13.3 Å². The summed E-state index contributed by atoms with van der Waals surface area (Å²) in [6.45, 7) is 2.86. The summed E-state index contributed by atoms with van der Waals surface area (Å²) >= 11 is 0. The Labute approximate surface area is 143 Å². The molecule has 0 bridgehead atoms. The van der Waals surface area contributed by atoms with Gasteiger partial charge in [-0.05, 0) is 43.2 Å². The van der Waals surface area contributed by atoms with Crippen LogP contribution in [0.4, 0.5) is 5.69 Å². The van der Waals surface area contributed by atoms with Gasteiger partial charge in [-0.15, -0.1) is 0 Å². The zero-order chi connectivity index (χ0) is 17.4. The van der Waals surface area contributed by atoms with E-state index in [9.17, 15) is 4.79 Å². The van der Waals surface area contributed by atoms with Crippen LogP contribution in [0.25, 0.3) is 0 Å². The molecule has 2 aromatic rings. The zero-order valence-electron chi connectivity index (χ0n) is 14.4. The summed E-state index contributed by atoms with van der Waals surface area (Å²) < 4.78 is 10.5. The molecule has 1 amide bonds. The SMILES string of the molecule is COc1ccc(CCNC(=O)CNc2ccc(C)cc2)cc1OC. The third-order valence-electron chi connectivity index (χ3n) is 3.69. The highest BCUT2D eigenvalue weighted by Crippen LogP contribution is 2.27. The molecule has 0 atom stereocenters. The van der Waals surface area contributed by atoms with Gasteiger partial charge in [-0.2, -0.15) is 0 Å². The summed E-state index contributed by atoms with van der Waals surface area (Å²) in [5, 5.41) is 6.01. The maximum Gasteiger partial charge on any atom is 0.239 e. The van der Waals surface area contributed by atoms with Crippen molar-refractivity contribution in [3.8, 4) is 11.5 Å². The van der Waals surface area contributed by atoms with Crippen molar-refractivity contribution >= 4 is 11.6 Å². The minimum Gasteiger partial charge on any atom is -0.493 e. The molecule has 5 nitrogen and oxygen atoms in total. The molecular formula is C19H24N2O3. The normalized spacial score (nSPS) is 10.1. The maximum absolute atomic E-state index is 11.9. The van der Waals surface area contributed by atoms with E-state index in [-0.39, 0.29) is 12.5 Å². The molecule has 0 saturated heterocycles. The number of rotatable bonds is 8. The second kappa shape index (κ2) is 8.82. The molecule has 0 fully saturated rings. The molecule has 0 aliphatic carbocycles. The molecule has 128 valence electrons. The summed E-state index contributed by atoms with van der Waals surface area (Å²) in [5.41, 5.74) is 3.22. The van der Waals surface area contributed by atoms with E-state index in [1.54, 1.807) is 14.2 Å². The van der Waals surface area contributed by atoms with Gasteiger partial charge in [0.25, 0.3) is 0 Å². The molecule has 2 N–H and O–H groups in total. The zero-order valence-corrected chi connectivity index (χ0v) is 14.4. The van der Waals surface area contributed by atoms with Gasteiger partial charge in [0.05, 0.1) is 20.8 Å². The first-order valence-corrected chi connectivity index (χ1v) is 7.90. The van der Waals surface area contributed by atoms with Gasteiger partial charge in [-0.25, -0.2) is 0 Å². The van der Waals surface area contributed by atoms with Gasteiger partial charge >= 0.3 is 0 Å². The minimum atomic E-state index is -0.0314. The fourth-order valence-corrected chi connectivity index (χ4v) is 2.30. The van der Waals surface area contributed by atoms with E-state index >= 15 is 0 Å². The Hall–Kier alpha value is -2.69. The molecule has 0 aromatic heterocycles. The fourth-order valence-electron chi connectivity index (χ4n) is 2.30. The highest BCUT2D eigenvalue weighted by Gasteiger charge is 2.05. The van der Waals surface area contributed by atoms with Crippen molar-refractivity contribution in [1.82, 2.24) is 5.32 Å². The smallest absolute Gasteiger partial charge is 0.239 e. The minimum absolute atomic E-state index is 0.0314. The molecule has 0 spiro atoms. The predicted molar refractivity (Wildman–Crippen MR) is 95.9 cm³/mol. The second-order valence-electron chi connectivity index (χ2n) is 5.51. The summed E-state index contributed by atoms with van der Waals surface area (Å²) in [6, 6.07) is 13.7. The van der Waals surface area contributed by atoms with E-state index in [2.05, 4.69) is 10.6 Å². The van der Waals surface area contributed by atoms with E-state index < -0.39 is 0 Å². The second-order valence-corrected chi connectivity index (χ2v) is 5.51. The van der Waals surface area contributed by atoms with Crippen molar-refractivity contribution in [3.63, 3.8) is 0 Å². The number of amides is 1. The number of methoxy groups -OCH3 is 2. The van der Waals surface area contributed by atoms with Gasteiger partial charge in [0.15, 0.2) is 11.5 Å². The number of aryl methyl sites for hydroxylation is 1. The van der Waals surface area contributed by atoms with Crippen LogP contribution in [0.1, 0.15) is 11.1 Å². The lowest BCUT2D eigenvalue weighted by molar-refractivity contribution is -0.119. The predicted octanol–water partition coefficient (Wildman–Crippen LogP) is 2.78. The molecule has 0 saturated carbocycles. The van der Waals surface area contributed by atoms with Crippen molar-refractivity contribution in [1.29, 1.82) is 0 Å². The lowest BCUT2D eigenvalue weighted by Crippen LogP contribution is -2.31. The molecule has 2 rings (SSSR count). The Balaban J connectivity index is 1.75. The van der Waals surface area contributed by atoms with Crippen LogP contribution < -0.4 is 20.1 Å². The summed E-state index contributed by atoms with van der Waals surface area (Å²) in [5.74, 6) is 1.37. The lowest BCUT2D eigenvalue weighted by Gasteiger charge is -2.10. The Morgan fingerprint density at radius 1 is 1.00 bits per heavy atom. The number of carbonyl (C=O) groups is 1. The van der Waals surface area contributed by atoms with Crippen LogP contribution in [-0.4, -0.2) is 33.2 Å². The highest BCUT2D eigenvalue weighted by atomic mass is 16.5. The average molecular weight is 328 g/mol. The molecule has 24 heavy (non-hydrogen) atoms. The van der Waals surface area contributed by atoms with E-state index in [1.807, 2.05) is 49.4 Å². The summed E-state index contributed by atoms with van der Waals surface area (Å²) in [7, 11) is 3.22. The Morgan fingerprint density at radius 3 is 2.38 bits per heavy atom. The highest BCUT2D eigenvalue weighted by molar-refractivity contribution is 5.80. The quantitative estimate of drug-likeness (QED) is 0.782. The fraction of sp³-hybridized carbons (Fsp3) is 0.316. The summed E-state index contributed by atoms with van der Waals surface area (Å²) in [6.07, 6.45) is 0.733. The molecule has 2 aromatic carbocycles. The maximum atomic E-state index is 11.9. The van der Waals surface area contributed by atoms with E-state index in [0.29, 0.717) is 18.0 Å². The van der Waals surface area contributed by atoms with Crippen molar-refractivity contribution in [3.05, 3.63) is 53.6 Å². The number of benzene rings is 2. The van der Waals surface area contributed by atoms with Gasteiger partial charge < -0.3 is 20.1 Å². The number of ether oxygens (including phenoxy) is 2. The van der Waals surface area contributed by atoms with Crippen LogP contribution in [0.2, 0.25) is 0 Å². The Bertz CT molecular complexity index is 669. The van der Waals surface area contributed by atoms with Crippen LogP contribution in [0, 0.1) is 6.92 Å². The Kier molecular flexibility index (Phi) is 6.49. The van der Waals surface area contributed by atoms with Crippen LogP contribution in [0.3, 0.4) is 0 Å². The van der Waals surface area contributed by atoms with E-state index in [4.69, 9.17) is 9.47 Å². The Morgan fingerprint density at radius 2 is 1.71 bits per heavy atom. The lowest BCUT2D eigenvalue weighted by atomic mass is 10.1. The van der Waals surface area contributed by atoms with Gasteiger partial charge in [0.2, 0.25) is 5.91 Å². The topological polar surface area (TPSA) is 59.6 Å². The number of hydrogen-bond donors (Lipinski definition) is 2. The van der Waals surface area contributed by atoms with E-state index in [1.165, 1.54) is 5.56 Å². The van der Waals surface area contributed by atoms with Gasteiger partial charge in [0, 0.05) is 12.2 Å². The number of anilines is 1. The summed E-state index contributed by atoms with van der Waals surface area (Å²) in [4.78, 5) is 11.9. The number of nitrogens with one attached hydrogen (secondary N) is 2. The van der Waals surface area contributed by atoms with Crippen LogP contribution in [0.15, 0.2) is 42.5 Å². The first-order chi connectivity index (χ1) is 11.6. The third kappa shape index (κ3) is 5.19. The largest absolute Gasteiger partial charge is 0.493 e. The van der Waals surface area contributed by atoms with Crippen LogP contribution in [0.5, 0.6) is 11.5 Å². The number of hydrogen-bond acceptors (Lipinski definition) is 4.